The normalized spacial score (nSPS) is 12.0. The molecule has 3 aromatic rings. The molecule has 0 aliphatic rings. The fourth-order valence-electron chi connectivity index (χ4n) is 2.20. The molecule has 0 saturated carbocycles. The van der Waals surface area contributed by atoms with Gasteiger partial charge in [-0.05, 0) is 36.9 Å². The number of anilines is 1. The van der Waals surface area contributed by atoms with E-state index in [-0.39, 0.29) is 11.2 Å². The van der Waals surface area contributed by atoms with Gasteiger partial charge in [-0.25, -0.2) is 4.98 Å². The van der Waals surface area contributed by atoms with E-state index < -0.39 is 0 Å². The number of hydrogen-bond donors (Lipinski definition) is 2. The highest BCUT2D eigenvalue weighted by Gasteiger charge is 2.19. The molecule has 1 amide bonds. The maximum Gasteiger partial charge on any atom is 0.237 e. The Hall–Kier alpha value is -2.03. The van der Waals surface area contributed by atoms with Crippen LogP contribution in [0.5, 0.6) is 5.75 Å². The lowest BCUT2D eigenvalue weighted by molar-refractivity contribution is -0.115. The second-order valence-corrected chi connectivity index (χ2v) is 8.16. The Morgan fingerprint density at radius 1 is 1.46 bits per heavy atom. The third-order valence-corrected chi connectivity index (χ3v) is 5.85. The summed E-state index contributed by atoms with van der Waals surface area (Å²) in [6.45, 7) is 3.67. The maximum absolute atomic E-state index is 12.5. The van der Waals surface area contributed by atoms with Gasteiger partial charge in [0.25, 0.3) is 0 Å². The number of H-pyrrole nitrogens is 1. The fourth-order valence-corrected chi connectivity index (χ4v) is 3.74. The van der Waals surface area contributed by atoms with Gasteiger partial charge in [-0.2, -0.15) is 0 Å². The summed E-state index contributed by atoms with van der Waals surface area (Å²) in [4.78, 5) is 18.0. The fraction of sp³-hybridized carbons (Fsp3) is 0.235. The molecule has 0 aliphatic heterocycles. The number of hydrogen-bond acceptors (Lipinski definition) is 6. The Kier molecular flexibility index (Phi) is 5.85. The molecule has 9 heteroatoms. The SMILES string of the molecule is COc1cc(Cl)c(C)cc1NC(=O)[C@H](C)Sc1n[nH]c(-c2cccs2)n1. The third-order valence-electron chi connectivity index (χ3n) is 3.61. The summed E-state index contributed by atoms with van der Waals surface area (Å²) in [6, 6.07) is 7.39. The smallest absolute Gasteiger partial charge is 0.237 e. The van der Waals surface area contributed by atoms with Crippen LogP contribution in [0.4, 0.5) is 5.69 Å². The first-order valence-electron chi connectivity index (χ1n) is 7.76. The van der Waals surface area contributed by atoms with Crippen molar-refractivity contribution in [2.45, 2.75) is 24.3 Å². The van der Waals surface area contributed by atoms with Crippen LogP contribution in [0, 0.1) is 6.92 Å². The van der Waals surface area contributed by atoms with E-state index in [0.717, 1.165) is 10.4 Å². The lowest BCUT2D eigenvalue weighted by Gasteiger charge is -2.14. The molecule has 6 nitrogen and oxygen atoms in total. The van der Waals surface area contributed by atoms with Gasteiger partial charge in [0.2, 0.25) is 11.1 Å². The van der Waals surface area contributed by atoms with Gasteiger partial charge >= 0.3 is 0 Å². The molecular formula is C17H17ClN4O2S2. The largest absolute Gasteiger partial charge is 0.495 e. The minimum absolute atomic E-state index is 0.169. The van der Waals surface area contributed by atoms with Crippen molar-refractivity contribution in [3.05, 3.63) is 40.2 Å². The van der Waals surface area contributed by atoms with E-state index in [2.05, 4.69) is 20.5 Å². The molecule has 0 spiro atoms. The lowest BCUT2D eigenvalue weighted by Crippen LogP contribution is -2.23. The zero-order chi connectivity index (χ0) is 18.7. The molecule has 2 aromatic heterocycles. The van der Waals surface area contributed by atoms with Gasteiger partial charge in [-0.3, -0.25) is 9.89 Å². The minimum Gasteiger partial charge on any atom is -0.495 e. The van der Waals surface area contributed by atoms with Crippen molar-refractivity contribution < 1.29 is 9.53 Å². The Bertz CT molecular complexity index is 912. The first kappa shape index (κ1) is 18.8. The van der Waals surface area contributed by atoms with Gasteiger partial charge in [0, 0.05) is 11.1 Å². The first-order chi connectivity index (χ1) is 12.5. The van der Waals surface area contributed by atoms with Crippen LogP contribution in [-0.2, 0) is 4.79 Å². The average molecular weight is 409 g/mol. The second-order valence-electron chi connectivity index (χ2n) is 5.49. The number of aryl methyl sites for hydroxylation is 1. The number of halogens is 1. The highest BCUT2D eigenvalue weighted by Crippen LogP contribution is 2.32. The molecule has 136 valence electrons. The molecule has 0 saturated heterocycles. The Morgan fingerprint density at radius 2 is 2.27 bits per heavy atom. The molecule has 0 radical (unpaired) electrons. The van der Waals surface area contributed by atoms with Crippen LogP contribution in [-0.4, -0.2) is 33.4 Å². The summed E-state index contributed by atoms with van der Waals surface area (Å²) in [5.41, 5.74) is 1.44. The van der Waals surface area contributed by atoms with E-state index in [1.165, 1.54) is 18.9 Å². The highest BCUT2D eigenvalue weighted by atomic mass is 35.5. The van der Waals surface area contributed by atoms with Crippen LogP contribution in [0.1, 0.15) is 12.5 Å². The van der Waals surface area contributed by atoms with E-state index in [4.69, 9.17) is 16.3 Å². The highest BCUT2D eigenvalue weighted by molar-refractivity contribution is 8.00. The average Bonchev–Trinajstić information content (AvgIpc) is 3.29. The van der Waals surface area contributed by atoms with Crippen molar-refractivity contribution in [3.8, 4) is 16.5 Å². The summed E-state index contributed by atoms with van der Waals surface area (Å²) < 4.78 is 5.29. The van der Waals surface area contributed by atoms with Crippen LogP contribution in [0.3, 0.4) is 0 Å². The predicted molar refractivity (Wildman–Crippen MR) is 106 cm³/mol. The molecule has 0 fully saturated rings. The lowest BCUT2D eigenvalue weighted by atomic mass is 10.2. The van der Waals surface area contributed by atoms with Crippen molar-refractivity contribution >= 4 is 46.3 Å². The quantitative estimate of drug-likeness (QED) is 0.581. The standard InChI is InChI=1S/C17H17ClN4O2S2/c1-9-7-12(13(24-3)8-11(9)18)19-16(23)10(2)26-17-20-15(21-22-17)14-5-4-6-25-14/h4-8,10H,1-3H3,(H,19,23)(H,20,21,22)/t10-/m0/s1. The number of methoxy groups -OCH3 is 1. The second kappa shape index (κ2) is 8.11. The summed E-state index contributed by atoms with van der Waals surface area (Å²) in [5.74, 6) is 1.05. The van der Waals surface area contributed by atoms with Gasteiger partial charge in [0.05, 0.1) is 22.9 Å². The van der Waals surface area contributed by atoms with Crippen molar-refractivity contribution in [1.29, 1.82) is 0 Å². The first-order valence-corrected chi connectivity index (χ1v) is 9.89. The number of rotatable bonds is 6. The van der Waals surface area contributed by atoms with E-state index in [9.17, 15) is 4.79 Å². The summed E-state index contributed by atoms with van der Waals surface area (Å²) in [5, 5.41) is 12.6. The van der Waals surface area contributed by atoms with Crippen molar-refractivity contribution in [2.75, 3.05) is 12.4 Å². The maximum atomic E-state index is 12.5. The van der Waals surface area contributed by atoms with Gasteiger partial charge in [0.1, 0.15) is 5.75 Å². The summed E-state index contributed by atoms with van der Waals surface area (Å²) in [7, 11) is 1.54. The molecule has 1 aromatic carbocycles. The summed E-state index contributed by atoms with van der Waals surface area (Å²) >= 11 is 8.96. The predicted octanol–water partition coefficient (Wildman–Crippen LogP) is 4.62. The number of carbonyl (C=O) groups excluding carboxylic acids is 1. The van der Waals surface area contributed by atoms with Crippen LogP contribution in [0.2, 0.25) is 5.02 Å². The molecule has 3 rings (SSSR count). The Morgan fingerprint density at radius 3 is 2.96 bits per heavy atom. The van der Waals surface area contributed by atoms with E-state index in [1.54, 1.807) is 30.4 Å². The number of thioether (sulfide) groups is 1. The number of thiophene rings is 1. The van der Waals surface area contributed by atoms with Crippen LogP contribution in [0.25, 0.3) is 10.7 Å². The van der Waals surface area contributed by atoms with Crippen LogP contribution < -0.4 is 10.1 Å². The van der Waals surface area contributed by atoms with Gasteiger partial charge in [0.15, 0.2) is 5.82 Å². The van der Waals surface area contributed by atoms with Gasteiger partial charge < -0.3 is 10.1 Å². The Labute approximate surface area is 164 Å². The molecule has 2 heterocycles. The molecule has 0 aliphatic carbocycles. The van der Waals surface area contributed by atoms with Gasteiger partial charge in [-0.15, -0.1) is 16.4 Å². The number of aromatic amines is 1. The van der Waals surface area contributed by atoms with E-state index >= 15 is 0 Å². The number of nitrogens with one attached hydrogen (secondary N) is 2. The van der Waals surface area contributed by atoms with Crippen LogP contribution >= 0.6 is 34.7 Å². The van der Waals surface area contributed by atoms with Crippen molar-refractivity contribution in [2.24, 2.45) is 0 Å². The zero-order valence-corrected chi connectivity index (χ0v) is 16.8. The molecule has 1 atom stereocenters. The van der Waals surface area contributed by atoms with Crippen molar-refractivity contribution in [1.82, 2.24) is 15.2 Å². The Balaban J connectivity index is 1.68. The number of benzene rings is 1. The van der Waals surface area contributed by atoms with E-state index in [1.807, 2.05) is 24.4 Å². The summed E-state index contributed by atoms with van der Waals surface area (Å²) in [6.07, 6.45) is 0. The molecule has 0 unspecified atom stereocenters. The van der Waals surface area contributed by atoms with Crippen molar-refractivity contribution in [3.63, 3.8) is 0 Å². The number of aromatic nitrogens is 3. The topological polar surface area (TPSA) is 79.9 Å². The molecule has 0 bridgehead atoms. The molecule has 26 heavy (non-hydrogen) atoms. The van der Waals surface area contributed by atoms with Gasteiger partial charge in [-0.1, -0.05) is 29.4 Å². The monoisotopic (exact) mass is 408 g/mol. The molecule has 2 N–H and O–H groups in total. The molecular weight excluding hydrogens is 392 g/mol. The minimum atomic E-state index is -0.386. The third kappa shape index (κ3) is 4.20. The number of amides is 1. The number of ether oxygens (including phenoxy) is 1. The number of nitrogens with zero attached hydrogens (tertiary/aromatic N) is 2. The zero-order valence-electron chi connectivity index (χ0n) is 14.4. The van der Waals surface area contributed by atoms with Crippen LogP contribution in [0.15, 0.2) is 34.8 Å². The van der Waals surface area contributed by atoms with E-state index in [0.29, 0.717) is 27.4 Å². The number of carbonyl (C=O) groups is 1.